The Kier molecular flexibility index (Phi) is 4.02. The van der Waals surface area contributed by atoms with Crippen molar-refractivity contribution in [2.75, 3.05) is 39.8 Å². The summed E-state index contributed by atoms with van der Waals surface area (Å²) in [7, 11) is 1.89. The largest absolute Gasteiger partial charge is 0.329 e. The van der Waals surface area contributed by atoms with Gasteiger partial charge in [0.25, 0.3) is 0 Å². The van der Waals surface area contributed by atoms with Crippen molar-refractivity contribution in [2.45, 2.75) is 25.3 Å². The standard InChI is InChI=1S/C18H25N5O/c1-13-11-19-8-10-22(13)9-7-14-12-21(2)18(24)23-16-6-4-3-5-15(16)20-17(14)23/h3-6,13-14,19H,7-12H2,1-2H3. The second kappa shape index (κ2) is 6.18. The van der Waals surface area contributed by atoms with Crippen LogP contribution in [-0.2, 0) is 0 Å². The summed E-state index contributed by atoms with van der Waals surface area (Å²) in [6.07, 6.45) is 1.03. The van der Waals surface area contributed by atoms with E-state index in [1.807, 2.05) is 40.8 Å². The van der Waals surface area contributed by atoms with E-state index in [1.54, 1.807) is 0 Å². The molecule has 6 heteroatoms. The minimum atomic E-state index is 0.0329. The van der Waals surface area contributed by atoms with Crippen LogP contribution in [0.2, 0.25) is 0 Å². The summed E-state index contributed by atoms with van der Waals surface area (Å²) in [6, 6.07) is 8.52. The number of carbonyl (C=O) groups is 1. The van der Waals surface area contributed by atoms with Crippen LogP contribution >= 0.6 is 0 Å². The number of hydrogen-bond acceptors (Lipinski definition) is 4. The van der Waals surface area contributed by atoms with Crippen molar-refractivity contribution in [1.29, 1.82) is 0 Å². The SMILES string of the molecule is CC1CNCCN1CCC1CN(C)C(=O)n2c1nc1ccccc12. The second-order valence-corrected chi connectivity index (χ2v) is 7.03. The van der Waals surface area contributed by atoms with Gasteiger partial charge in [0.2, 0.25) is 0 Å². The van der Waals surface area contributed by atoms with Gasteiger partial charge in [-0.1, -0.05) is 12.1 Å². The van der Waals surface area contributed by atoms with Crippen molar-refractivity contribution in [1.82, 2.24) is 24.7 Å². The maximum atomic E-state index is 12.6. The van der Waals surface area contributed by atoms with Crippen molar-refractivity contribution in [3.8, 4) is 0 Å². The number of amides is 1. The summed E-state index contributed by atoms with van der Waals surface area (Å²) in [5.74, 6) is 1.23. The summed E-state index contributed by atoms with van der Waals surface area (Å²) in [6.45, 7) is 7.30. The number of benzene rings is 1. The topological polar surface area (TPSA) is 53.4 Å². The number of fused-ring (bicyclic) bond motifs is 3. The van der Waals surface area contributed by atoms with Gasteiger partial charge in [-0.25, -0.2) is 14.3 Å². The van der Waals surface area contributed by atoms with E-state index in [0.29, 0.717) is 12.0 Å². The highest BCUT2D eigenvalue weighted by molar-refractivity contribution is 5.91. The number of nitrogens with zero attached hydrogens (tertiary/aromatic N) is 4. The Morgan fingerprint density at radius 1 is 1.33 bits per heavy atom. The van der Waals surface area contributed by atoms with Gasteiger partial charge in [-0.05, 0) is 32.0 Å². The van der Waals surface area contributed by atoms with E-state index in [9.17, 15) is 4.79 Å². The quantitative estimate of drug-likeness (QED) is 0.933. The molecule has 0 spiro atoms. The molecule has 0 bridgehead atoms. The lowest BCUT2D eigenvalue weighted by atomic mass is 10.0. The zero-order valence-corrected chi connectivity index (χ0v) is 14.4. The first kappa shape index (κ1) is 15.6. The summed E-state index contributed by atoms with van der Waals surface area (Å²) >= 11 is 0. The highest BCUT2D eigenvalue weighted by atomic mass is 16.2. The number of nitrogens with one attached hydrogen (secondary N) is 1. The number of aromatic nitrogens is 2. The minimum absolute atomic E-state index is 0.0329. The zero-order valence-electron chi connectivity index (χ0n) is 14.4. The predicted molar refractivity (Wildman–Crippen MR) is 94.4 cm³/mol. The van der Waals surface area contributed by atoms with Gasteiger partial charge in [-0.2, -0.15) is 0 Å². The number of rotatable bonds is 3. The molecule has 1 amide bonds. The summed E-state index contributed by atoms with van der Waals surface area (Å²) in [5, 5.41) is 3.44. The van der Waals surface area contributed by atoms with Crippen molar-refractivity contribution >= 4 is 17.1 Å². The van der Waals surface area contributed by atoms with Crippen LogP contribution in [0, 0.1) is 0 Å². The molecule has 3 heterocycles. The third-order valence-corrected chi connectivity index (χ3v) is 5.37. The molecule has 1 aromatic heterocycles. The molecule has 1 N–H and O–H groups in total. The van der Waals surface area contributed by atoms with Crippen LogP contribution in [0.3, 0.4) is 0 Å². The molecule has 2 atom stereocenters. The first-order valence-electron chi connectivity index (χ1n) is 8.83. The van der Waals surface area contributed by atoms with Gasteiger partial charge < -0.3 is 10.2 Å². The summed E-state index contributed by atoms with van der Waals surface area (Å²) in [4.78, 5) is 21.8. The van der Waals surface area contributed by atoms with Crippen molar-refractivity contribution in [3.05, 3.63) is 30.1 Å². The third kappa shape index (κ3) is 2.59. The molecular formula is C18H25N5O. The minimum Gasteiger partial charge on any atom is -0.326 e. The number of likely N-dealkylation sites (N-methyl/N-ethyl adjacent to an activating group) is 1. The fraction of sp³-hybridized carbons (Fsp3) is 0.556. The van der Waals surface area contributed by atoms with E-state index in [1.165, 1.54) is 0 Å². The fourth-order valence-corrected chi connectivity index (χ4v) is 3.94. The Bertz CT molecular complexity index is 755. The van der Waals surface area contributed by atoms with E-state index in [-0.39, 0.29) is 6.03 Å². The monoisotopic (exact) mass is 327 g/mol. The van der Waals surface area contributed by atoms with Crippen LogP contribution in [0.25, 0.3) is 11.0 Å². The van der Waals surface area contributed by atoms with Crippen LogP contribution in [0.15, 0.2) is 24.3 Å². The average molecular weight is 327 g/mol. The number of para-hydroxylation sites is 2. The van der Waals surface area contributed by atoms with Gasteiger partial charge in [-0.15, -0.1) is 0 Å². The average Bonchev–Trinajstić information content (AvgIpc) is 2.98. The molecule has 1 aromatic carbocycles. The Balaban J connectivity index is 1.61. The zero-order chi connectivity index (χ0) is 16.7. The highest BCUT2D eigenvalue weighted by Gasteiger charge is 2.32. The number of piperazine rings is 1. The molecule has 6 nitrogen and oxygen atoms in total. The number of imidazole rings is 1. The van der Waals surface area contributed by atoms with Crippen LogP contribution < -0.4 is 5.32 Å². The van der Waals surface area contributed by atoms with Gasteiger partial charge in [0.05, 0.1) is 11.0 Å². The van der Waals surface area contributed by atoms with Crippen molar-refractivity contribution in [2.24, 2.45) is 0 Å². The van der Waals surface area contributed by atoms with Crippen LogP contribution in [0.1, 0.15) is 25.1 Å². The molecule has 2 aliphatic rings. The first-order chi connectivity index (χ1) is 11.6. The van der Waals surface area contributed by atoms with Gasteiger partial charge in [0, 0.05) is 45.2 Å². The van der Waals surface area contributed by atoms with E-state index < -0.39 is 0 Å². The molecule has 128 valence electrons. The Morgan fingerprint density at radius 3 is 3.00 bits per heavy atom. The van der Waals surface area contributed by atoms with Gasteiger partial charge >= 0.3 is 6.03 Å². The maximum absolute atomic E-state index is 12.6. The number of carbonyl (C=O) groups excluding carboxylic acids is 1. The molecule has 4 rings (SSSR count). The molecule has 2 aromatic rings. The normalized spacial score (nSPS) is 25.2. The summed E-state index contributed by atoms with van der Waals surface area (Å²) < 4.78 is 1.81. The lowest BCUT2D eigenvalue weighted by molar-refractivity contribution is 0.158. The first-order valence-corrected chi connectivity index (χ1v) is 8.83. The Labute approximate surface area is 142 Å². The lowest BCUT2D eigenvalue weighted by Crippen LogP contribution is -2.50. The van der Waals surface area contributed by atoms with E-state index in [4.69, 9.17) is 4.98 Å². The van der Waals surface area contributed by atoms with E-state index >= 15 is 0 Å². The third-order valence-electron chi connectivity index (χ3n) is 5.37. The lowest BCUT2D eigenvalue weighted by Gasteiger charge is -2.36. The molecule has 0 aliphatic carbocycles. The molecule has 0 saturated carbocycles. The van der Waals surface area contributed by atoms with Crippen LogP contribution in [-0.4, -0.2) is 71.2 Å². The molecular weight excluding hydrogens is 302 g/mol. The maximum Gasteiger partial charge on any atom is 0.329 e. The predicted octanol–water partition coefficient (Wildman–Crippen LogP) is 1.72. The molecule has 0 radical (unpaired) electrons. The van der Waals surface area contributed by atoms with Crippen molar-refractivity contribution < 1.29 is 4.79 Å². The Morgan fingerprint density at radius 2 is 2.17 bits per heavy atom. The van der Waals surface area contributed by atoms with Gasteiger partial charge in [0.15, 0.2) is 0 Å². The molecule has 24 heavy (non-hydrogen) atoms. The molecule has 2 unspecified atom stereocenters. The summed E-state index contributed by atoms with van der Waals surface area (Å²) in [5.41, 5.74) is 1.83. The van der Waals surface area contributed by atoms with Crippen molar-refractivity contribution in [3.63, 3.8) is 0 Å². The fourth-order valence-electron chi connectivity index (χ4n) is 3.94. The molecule has 1 fully saturated rings. The molecule has 2 aliphatic heterocycles. The second-order valence-electron chi connectivity index (χ2n) is 7.03. The van der Waals surface area contributed by atoms with Gasteiger partial charge in [-0.3, -0.25) is 4.90 Å². The van der Waals surface area contributed by atoms with Gasteiger partial charge in [0.1, 0.15) is 5.82 Å². The molecule has 1 saturated heterocycles. The Hall–Kier alpha value is -1.92. The number of hydrogen-bond donors (Lipinski definition) is 1. The van der Waals surface area contributed by atoms with E-state index in [2.05, 4.69) is 17.1 Å². The highest BCUT2D eigenvalue weighted by Crippen LogP contribution is 2.29. The van der Waals surface area contributed by atoms with Crippen LogP contribution in [0.4, 0.5) is 4.79 Å². The van der Waals surface area contributed by atoms with E-state index in [0.717, 1.165) is 56.0 Å². The smallest absolute Gasteiger partial charge is 0.326 e. The van der Waals surface area contributed by atoms with Crippen LogP contribution in [0.5, 0.6) is 0 Å².